The molecule has 0 saturated heterocycles. The van der Waals surface area contributed by atoms with Crippen LogP contribution in [0.5, 0.6) is 17.2 Å². The summed E-state index contributed by atoms with van der Waals surface area (Å²) in [6, 6.07) is 14.6. The Kier molecular flexibility index (Phi) is 6.27. The highest BCUT2D eigenvalue weighted by molar-refractivity contribution is 5.89. The van der Waals surface area contributed by atoms with Crippen molar-refractivity contribution in [2.45, 2.75) is 40.3 Å². The molecule has 0 amide bonds. The van der Waals surface area contributed by atoms with Crippen molar-refractivity contribution in [2.24, 2.45) is 0 Å². The first-order valence-electron chi connectivity index (χ1n) is 9.72. The molecule has 5 nitrogen and oxygen atoms in total. The average molecular weight is 393 g/mol. The fourth-order valence-corrected chi connectivity index (χ4v) is 3.15. The number of rotatable bonds is 7. The van der Waals surface area contributed by atoms with Crippen LogP contribution < -0.4 is 15.0 Å². The Balaban J connectivity index is 2.17. The smallest absolute Gasteiger partial charge is 0.297 e. The first kappa shape index (κ1) is 20.5. The third-order valence-electron chi connectivity index (χ3n) is 4.57. The summed E-state index contributed by atoms with van der Waals surface area (Å²) in [4.78, 5) is 13.3. The van der Waals surface area contributed by atoms with Gasteiger partial charge in [0.2, 0.25) is 5.75 Å². The van der Waals surface area contributed by atoms with Crippen LogP contribution in [0.25, 0.3) is 10.9 Å². The van der Waals surface area contributed by atoms with Gasteiger partial charge >= 0.3 is 0 Å². The number of hydrogen-bond acceptors (Lipinski definition) is 4. The fraction of sp³-hybridized carbons (Fsp3) is 0.292. The summed E-state index contributed by atoms with van der Waals surface area (Å²) >= 11 is 0. The first-order chi connectivity index (χ1) is 13.9. The Morgan fingerprint density at radius 3 is 2.45 bits per heavy atom. The fourth-order valence-electron chi connectivity index (χ4n) is 3.15. The van der Waals surface area contributed by atoms with Gasteiger partial charge in [-0.3, -0.25) is 4.79 Å². The predicted octanol–water partition coefficient (Wildman–Crippen LogP) is 5.21. The molecule has 0 unspecified atom stereocenters. The third kappa shape index (κ3) is 4.62. The van der Waals surface area contributed by atoms with Gasteiger partial charge in [-0.25, -0.2) is 0 Å². The molecule has 5 heteroatoms. The highest BCUT2D eigenvalue weighted by atomic mass is 16.5. The van der Waals surface area contributed by atoms with Gasteiger partial charge in [-0.1, -0.05) is 35.9 Å². The number of ether oxygens (including phenoxy) is 2. The number of aromatic hydroxyl groups is 1. The molecule has 2 aromatic carbocycles. The van der Waals surface area contributed by atoms with Crippen LogP contribution in [0.2, 0.25) is 0 Å². The summed E-state index contributed by atoms with van der Waals surface area (Å²) in [5.41, 5.74) is 2.43. The van der Waals surface area contributed by atoms with Gasteiger partial charge < -0.3 is 19.1 Å². The van der Waals surface area contributed by atoms with E-state index in [0.717, 1.165) is 16.5 Å². The standard InChI is InChI=1S/C24H27NO4/c1-16(2)12-13-28-23-22(29-15-18-8-6-5-7-9-18)20-11-10-19(26)14-21(20)25(17(3)4)24(23)27/h5-12,14,17,26H,13,15H2,1-4H3. The highest BCUT2D eigenvalue weighted by Crippen LogP contribution is 2.36. The van der Waals surface area contributed by atoms with Gasteiger partial charge in [-0.05, 0) is 51.5 Å². The van der Waals surface area contributed by atoms with Crippen molar-refractivity contribution in [1.82, 2.24) is 4.57 Å². The molecule has 0 saturated carbocycles. The van der Waals surface area contributed by atoms with E-state index < -0.39 is 0 Å². The highest BCUT2D eigenvalue weighted by Gasteiger charge is 2.21. The minimum absolute atomic E-state index is 0.0959. The normalized spacial score (nSPS) is 10.9. The maximum absolute atomic E-state index is 13.3. The van der Waals surface area contributed by atoms with Crippen LogP contribution in [0, 0.1) is 0 Å². The number of nitrogens with zero attached hydrogens (tertiary/aromatic N) is 1. The maximum atomic E-state index is 13.3. The van der Waals surface area contributed by atoms with Crippen molar-refractivity contribution >= 4 is 10.9 Å². The second-order valence-corrected chi connectivity index (χ2v) is 7.50. The monoisotopic (exact) mass is 393 g/mol. The van der Waals surface area contributed by atoms with Gasteiger partial charge in [0.15, 0.2) is 5.75 Å². The summed E-state index contributed by atoms with van der Waals surface area (Å²) in [6.07, 6.45) is 1.92. The number of pyridine rings is 1. The first-order valence-corrected chi connectivity index (χ1v) is 9.72. The number of aromatic nitrogens is 1. The number of benzene rings is 2. The Labute approximate surface area is 170 Å². The van der Waals surface area contributed by atoms with Crippen LogP contribution in [0.4, 0.5) is 0 Å². The SMILES string of the molecule is CC(C)=CCOc1c(OCc2ccccc2)c2ccc(O)cc2n(C(C)C)c1=O. The lowest BCUT2D eigenvalue weighted by Crippen LogP contribution is -2.25. The zero-order valence-electron chi connectivity index (χ0n) is 17.3. The molecule has 0 bridgehead atoms. The zero-order chi connectivity index (χ0) is 21.0. The summed E-state index contributed by atoms with van der Waals surface area (Å²) in [6.45, 7) is 8.39. The van der Waals surface area contributed by atoms with E-state index in [2.05, 4.69) is 0 Å². The molecule has 0 aliphatic rings. The summed E-state index contributed by atoms with van der Waals surface area (Å²) in [7, 11) is 0. The lowest BCUT2D eigenvalue weighted by Gasteiger charge is -2.20. The van der Waals surface area contributed by atoms with E-state index in [1.54, 1.807) is 22.8 Å². The molecule has 152 valence electrons. The Hall–Kier alpha value is -3.21. The van der Waals surface area contributed by atoms with E-state index in [1.807, 2.05) is 64.1 Å². The molecule has 29 heavy (non-hydrogen) atoms. The molecule has 1 aromatic heterocycles. The molecule has 0 atom stereocenters. The molecule has 1 N–H and O–H groups in total. The van der Waals surface area contributed by atoms with E-state index in [-0.39, 0.29) is 29.7 Å². The Morgan fingerprint density at radius 1 is 1.07 bits per heavy atom. The van der Waals surface area contributed by atoms with E-state index >= 15 is 0 Å². The van der Waals surface area contributed by atoms with Crippen molar-refractivity contribution in [3.8, 4) is 17.2 Å². The van der Waals surface area contributed by atoms with E-state index in [0.29, 0.717) is 17.9 Å². The van der Waals surface area contributed by atoms with Crippen molar-refractivity contribution in [2.75, 3.05) is 6.61 Å². The van der Waals surface area contributed by atoms with Gasteiger partial charge in [-0.2, -0.15) is 0 Å². The number of allylic oxidation sites excluding steroid dienone is 1. The second kappa shape index (κ2) is 8.86. The molecule has 1 heterocycles. The van der Waals surface area contributed by atoms with E-state index in [1.165, 1.54) is 0 Å². The molecule has 3 aromatic rings. The molecule has 0 aliphatic heterocycles. The molecular formula is C24H27NO4. The third-order valence-corrected chi connectivity index (χ3v) is 4.57. The van der Waals surface area contributed by atoms with Gasteiger partial charge in [-0.15, -0.1) is 0 Å². The number of phenolic OH excluding ortho intramolecular Hbond substituents is 1. The molecule has 0 radical (unpaired) electrons. The van der Waals surface area contributed by atoms with Crippen molar-refractivity contribution in [3.05, 3.63) is 76.1 Å². The van der Waals surface area contributed by atoms with Crippen LogP contribution in [0.3, 0.4) is 0 Å². The van der Waals surface area contributed by atoms with Gasteiger partial charge in [0.1, 0.15) is 19.0 Å². The Morgan fingerprint density at radius 2 is 1.79 bits per heavy atom. The molecule has 0 spiro atoms. The number of hydrogen-bond donors (Lipinski definition) is 1. The minimum atomic E-state index is -0.275. The topological polar surface area (TPSA) is 60.7 Å². The van der Waals surface area contributed by atoms with Crippen molar-refractivity contribution < 1.29 is 14.6 Å². The van der Waals surface area contributed by atoms with Crippen LogP contribution in [0.15, 0.2) is 65.0 Å². The van der Waals surface area contributed by atoms with E-state index in [4.69, 9.17) is 9.47 Å². The quantitative estimate of drug-likeness (QED) is 0.560. The van der Waals surface area contributed by atoms with E-state index in [9.17, 15) is 9.90 Å². The Bertz CT molecular complexity index is 1080. The summed E-state index contributed by atoms with van der Waals surface area (Å²) in [5.74, 6) is 0.678. The second-order valence-electron chi connectivity index (χ2n) is 7.50. The molecular weight excluding hydrogens is 366 g/mol. The predicted molar refractivity (Wildman–Crippen MR) is 116 cm³/mol. The summed E-state index contributed by atoms with van der Waals surface area (Å²) in [5, 5.41) is 10.7. The molecule has 3 rings (SSSR count). The lowest BCUT2D eigenvalue weighted by molar-refractivity contribution is 0.274. The molecule has 0 fully saturated rings. The van der Waals surface area contributed by atoms with Crippen molar-refractivity contribution in [1.29, 1.82) is 0 Å². The van der Waals surface area contributed by atoms with Gasteiger partial charge in [0, 0.05) is 17.5 Å². The maximum Gasteiger partial charge on any atom is 0.297 e. The van der Waals surface area contributed by atoms with Crippen LogP contribution in [0.1, 0.15) is 39.3 Å². The molecule has 0 aliphatic carbocycles. The lowest BCUT2D eigenvalue weighted by atomic mass is 10.1. The zero-order valence-corrected chi connectivity index (χ0v) is 17.3. The van der Waals surface area contributed by atoms with Gasteiger partial charge in [0.05, 0.1) is 5.52 Å². The van der Waals surface area contributed by atoms with Crippen molar-refractivity contribution in [3.63, 3.8) is 0 Å². The minimum Gasteiger partial charge on any atom is -0.508 e. The van der Waals surface area contributed by atoms with Gasteiger partial charge in [0.25, 0.3) is 5.56 Å². The largest absolute Gasteiger partial charge is 0.508 e. The van der Waals surface area contributed by atoms with Crippen LogP contribution >= 0.6 is 0 Å². The number of fused-ring (bicyclic) bond motifs is 1. The van der Waals surface area contributed by atoms with Crippen LogP contribution in [-0.4, -0.2) is 16.3 Å². The van der Waals surface area contributed by atoms with Crippen LogP contribution in [-0.2, 0) is 6.61 Å². The summed E-state index contributed by atoms with van der Waals surface area (Å²) < 4.78 is 13.6. The number of phenols is 1. The average Bonchev–Trinajstić information content (AvgIpc) is 2.67.